The van der Waals surface area contributed by atoms with Gasteiger partial charge in [0.15, 0.2) is 0 Å². The number of hydrogen-bond acceptors (Lipinski definition) is 3. The molecule has 1 aromatic rings. The molecule has 0 aromatic heterocycles. The standard InChI is InChI=1S/C10H13NO3/c1-7-4-3-5-10(11(13)14)9(7)6-8(2)12/h3-5,8,12H,6H2,1-2H3. The molecule has 0 aliphatic carbocycles. The lowest BCUT2D eigenvalue weighted by Crippen LogP contribution is -2.08. The van der Waals surface area contributed by atoms with E-state index in [1.807, 2.05) is 13.0 Å². The second kappa shape index (κ2) is 4.19. The Balaban J connectivity index is 3.15. The minimum Gasteiger partial charge on any atom is -0.393 e. The average molecular weight is 195 g/mol. The monoisotopic (exact) mass is 195 g/mol. The van der Waals surface area contributed by atoms with E-state index in [2.05, 4.69) is 0 Å². The summed E-state index contributed by atoms with van der Waals surface area (Å²) in [6.07, 6.45) is -0.238. The summed E-state index contributed by atoms with van der Waals surface area (Å²) in [5, 5.41) is 19.9. The van der Waals surface area contributed by atoms with Crippen LogP contribution in [-0.4, -0.2) is 16.1 Å². The van der Waals surface area contributed by atoms with Crippen LogP contribution in [0.3, 0.4) is 0 Å². The van der Waals surface area contributed by atoms with Crippen molar-refractivity contribution in [2.45, 2.75) is 26.4 Å². The van der Waals surface area contributed by atoms with Crippen LogP contribution in [-0.2, 0) is 6.42 Å². The van der Waals surface area contributed by atoms with Gasteiger partial charge in [0, 0.05) is 18.1 Å². The van der Waals surface area contributed by atoms with Gasteiger partial charge in [-0.25, -0.2) is 0 Å². The molecule has 1 atom stereocenters. The quantitative estimate of drug-likeness (QED) is 0.591. The Morgan fingerprint density at radius 3 is 2.71 bits per heavy atom. The maximum absolute atomic E-state index is 10.7. The number of hydrogen-bond donors (Lipinski definition) is 1. The van der Waals surface area contributed by atoms with E-state index in [0.29, 0.717) is 12.0 Å². The van der Waals surface area contributed by atoms with Gasteiger partial charge in [-0.3, -0.25) is 10.1 Å². The molecule has 0 bridgehead atoms. The zero-order chi connectivity index (χ0) is 10.7. The maximum Gasteiger partial charge on any atom is 0.272 e. The van der Waals surface area contributed by atoms with Crippen LogP contribution in [0.25, 0.3) is 0 Å². The van der Waals surface area contributed by atoms with Crippen LogP contribution in [0.5, 0.6) is 0 Å². The molecule has 0 fully saturated rings. The summed E-state index contributed by atoms with van der Waals surface area (Å²) in [5.74, 6) is 0. The summed E-state index contributed by atoms with van der Waals surface area (Å²) >= 11 is 0. The van der Waals surface area contributed by atoms with Crippen molar-refractivity contribution in [1.29, 1.82) is 0 Å². The van der Waals surface area contributed by atoms with E-state index in [4.69, 9.17) is 0 Å². The molecule has 0 heterocycles. The molecule has 76 valence electrons. The van der Waals surface area contributed by atoms with Crippen LogP contribution < -0.4 is 0 Å². The molecule has 1 rings (SSSR count). The normalized spacial score (nSPS) is 12.5. The van der Waals surface area contributed by atoms with Gasteiger partial charge in [0.05, 0.1) is 11.0 Å². The molecule has 1 N–H and O–H groups in total. The van der Waals surface area contributed by atoms with E-state index in [1.165, 1.54) is 6.07 Å². The van der Waals surface area contributed by atoms with Gasteiger partial charge in [-0.05, 0) is 19.4 Å². The predicted octanol–water partition coefficient (Wildman–Crippen LogP) is 1.83. The Morgan fingerprint density at radius 1 is 1.57 bits per heavy atom. The third kappa shape index (κ3) is 2.29. The number of benzene rings is 1. The molecular weight excluding hydrogens is 182 g/mol. The summed E-state index contributed by atoms with van der Waals surface area (Å²) in [6.45, 7) is 3.43. The zero-order valence-corrected chi connectivity index (χ0v) is 8.23. The van der Waals surface area contributed by atoms with Crippen LogP contribution in [0.4, 0.5) is 5.69 Å². The molecule has 0 aliphatic rings. The van der Waals surface area contributed by atoms with Crippen molar-refractivity contribution in [3.05, 3.63) is 39.4 Å². The van der Waals surface area contributed by atoms with Crippen LogP contribution in [0.2, 0.25) is 0 Å². The van der Waals surface area contributed by atoms with Crippen LogP contribution in [0.15, 0.2) is 18.2 Å². The highest BCUT2D eigenvalue weighted by atomic mass is 16.6. The first-order valence-electron chi connectivity index (χ1n) is 4.43. The first-order chi connectivity index (χ1) is 6.52. The molecule has 0 spiro atoms. The Labute approximate surface area is 82.3 Å². The molecule has 1 aromatic carbocycles. The highest BCUT2D eigenvalue weighted by molar-refractivity contribution is 5.45. The number of nitro benzene ring substituents is 1. The van der Waals surface area contributed by atoms with Gasteiger partial charge >= 0.3 is 0 Å². The van der Waals surface area contributed by atoms with E-state index >= 15 is 0 Å². The van der Waals surface area contributed by atoms with E-state index in [1.54, 1.807) is 13.0 Å². The Kier molecular flexibility index (Phi) is 3.19. The molecular formula is C10H13NO3. The van der Waals surface area contributed by atoms with Crippen molar-refractivity contribution in [2.75, 3.05) is 0 Å². The van der Waals surface area contributed by atoms with Gasteiger partial charge in [0.2, 0.25) is 0 Å². The molecule has 1 unspecified atom stereocenters. The minimum absolute atomic E-state index is 0.0888. The topological polar surface area (TPSA) is 63.4 Å². The molecule has 0 saturated heterocycles. The Bertz CT molecular complexity index is 347. The van der Waals surface area contributed by atoms with Crippen LogP contribution in [0, 0.1) is 17.0 Å². The fourth-order valence-electron chi connectivity index (χ4n) is 1.42. The van der Waals surface area contributed by atoms with Crippen molar-refractivity contribution in [3.8, 4) is 0 Å². The smallest absolute Gasteiger partial charge is 0.272 e. The summed E-state index contributed by atoms with van der Waals surface area (Å²) in [6, 6.07) is 4.93. The highest BCUT2D eigenvalue weighted by Gasteiger charge is 2.16. The summed E-state index contributed by atoms with van der Waals surface area (Å²) in [4.78, 5) is 10.3. The van der Waals surface area contributed by atoms with Gasteiger partial charge in [0.1, 0.15) is 0 Å². The number of aliphatic hydroxyl groups is 1. The average Bonchev–Trinajstić information content (AvgIpc) is 2.07. The number of aryl methyl sites for hydroxylation is 1. The van der Waals surface area contributed by atoms with Crippen LogP contribution in [0.1, 0.15) is 18.1 Å². The van der Waals surface area contributed by atoms with Gasteiger partial charge < -0.3 is 5.11 Å². The highest BCUT2D eigenvalue weighted by Crippen LogP contribution is 2.23. The zero-order valence-electron chi connectivity index (χ0n) is 8.23. The molecule has 0 saturated carbocycles. The molecule has 14 heavy (non-hydrogen) atoms. The number of nitro groups is 1. The number of rotatable bonds is 3. The lowest BCUT2D eigenvalue weighted by Gasteiger charge is -2.08. The minimum atomic E-state index is -0.560. The molecule has 4 nitrogen and oxygen atoms in total. The second-order valence-corrected chi connectivity index (χ2v) is 3.38. The SMILES string of the molecule is Cc1cccc([N+](=O)[O-])c1CC(C)O. The molecule has 0 aliphatic heterocycles. The van der Waals surface area contributed by atoms with E-state index in [0.717, 1.165) is 5.56 Å². The molecule has 4 heteroatoms. The number of aliphatic hydroxyl groups excluding tert-OH is 1. The maximum atomic E-state index is 10.7. The molecule has 0 amide bonds. The summed E-state index contributed by atoms with van der Waals surface area (Å²) < 4.78 is 0. The lowest BCUT2D eigenvalue weighted by atomic mass is 10.0. The summed E-state index contributed by atoms with van der Waals surface area (Å²) in [5.41, 5.74) is 1.55. The number of nitrogens with zero attached hydrogens (tertiary/aromatic N) is 1. The van der Waals surface area contributed by atoms with Crippen molar-refractivity contribution in [3.63, 3.8) is 0 Å². The summed E-state index contributed by atoms with van der Waals surface area (Å²) in [7, 11) is 0. The Hall–Kier alpha value is -1.42. The van der Waals surface area contributed by atoms with Crippen LogP contribution >= 0.6 is 0 Å². The van der Waals surface area contributed by atoms with Gasteiger partial charge in [-0.15, -0.1) is 0 Å². The third-order valence-electron chi connectivity index (χ3n) is 2.08. The fraction of sp³-hybridized carbons (Fsp3) is 0.400. The van der Waals surface area contributed by atoms with E-state index < -0.39 is 11.0 Å². The fourth-order valence-corrected chi connectivity index (χ4v) is 1.42. The predicted molar refractivity (Wildman–Crippen MR) is 53.2 cm³/mol. The van der Waals surface area contributed by atoms with E-state index in [-0.39, 0.29) is 5.69 Å². The van der Waals surface area contributed by atoms with Gasteiger partial charge in [0.25, 0.3) is 5.69 Å². The first kappa shape index (κ1) is 10.7. The lowest BCUT2D eigenvalue weighted by molar-refractivity contribution is -0.385. The van der Waals surface area contributed by atoms with Crippen molar-refractivity contribution in [1.82, 2.24) is 0 Å². The Morgan fingerprint density at radius 2 is 2.21 bits per heavy atom. The first-order valence-corrected chi connectivity index (χ1v) is 4.43. The van der Waals surface area contributed by atoms with Crippen molar-refractivity contribution in [2.24, 2.45) is 0 Å². The van der Waals surface area contributed by atoms with Crippen molar-refractivity contribution < 1.29 is 10.0 Å². The second-order valence-electron chi connectivity index (χ2n) is 3.38. The largest absolute Gasteiger partial charge is 0.393 e. The van der Waals surface area contributed by atoms with Gasteiger partial charge in [-0.1, -0.05) is 12.1 Å². The van der Waals surface area contributed by atoms with E-state index in [9.17, 15) is 15.2 Å². The third-order valence-corrected chi connectivity index (χ3v) is 2.08. The van der Waals surface area contributed by atoms with Crippen molar-refractivity contribution >= 4 is 5.69 Å². The molecule has 0 radical (unpaired) electrons. The van der Waals surface area contributed by atoms with Gasteiger partial charge in [-0.2, -0.15) is 0 Å².